The van der Waals surface area contributed by atoms with E-state index in [9.17, 15) is 0 Å². The summed E-state index contributed by atoms with van der Waals surface area (Å²) in [6.07, 6.45) is 3.42. The summed E-state index contributed by atoms with van der Waals surface area (Å²) in [5.74, 6) is 0.844. The number of anilines is 2. The van der Waals surface area contributed by atoms with E-state index in [1.54, 1.807) is 7.11 Å². The first kappa shape index (κ1) is 13.0. The van der Waals surface area contributed by atoms with E-state index in [2.05, 4.69) is 22.2 Å². The fourth-order valence-corrected chi connectivity index (χ4v) is 1.58. The Bertz CT molecular complexity index is 329. The van der Waals surface area contributed by atoms with Gasteiger partial charge in [0, 0.05) is 7.11 Å². The first-order chi connectivity index (χ1) is 7.69. The lowest BCUT2D eigenvalue weighted by Crippen LogP contribution is -2.25. The van der Waals surface area contributed by atoms with Crippen molar-refractivity contribution in [1.82, 2.24) is 9.97 Å². The number of nitrogens with zero attached hydrogens (tertiary/aromatic N) is 2. The highest BCUT2D eigenvalue weighted by molar-refractivity contribution is 6.35. The number of nitrogen functional groups attached to an aromatic ring is 1. The average molecular weight is 245 g/mol. The van der Waals surface area contributed by atoms with Crippen molar-refractivity contribution in [2.24, 2.45) is 0 Å². The molecule has 0 aliphatic carbocycles. The van der Waals surface area contributed by atoms with Crippen LogP contribution in [0.5, 0.6) is 0 Å². The van der Waals surface area contributed by atoms with Crippen LogP contribution in [0.4, 0.5) is 11.6 Å². The zero-order valence-corrected chi connectivity index (χ0v) is 10.3. The van der Waals surface area contributed by atoms with E-state index in [-0.39, 0.29) is 11.9 Å². The Morgan fingerprint density at radius 3 is 2.94 bits per heavy atom. The monoisotopic (exact) mass is 244 g/mol. The van der Waals surface area contributed by atoms with Crippen LogP contribution < -0.4 is 11.1 Å². The molecule has 1 heterocycles. The summed E-state index contributed by atoms with van der Waals surface area (Å²) in [7, 11) is 1.67. The molecule has 3 N–H and O–H groups in total. The molecule has 90 valence electrons. The Morgan fingerprint density at radius 2 is 2.31 bits per heavy atom. The number of rotatable bonds is 6. The molecule has 0 bridgehead atoms. The SMILES string of the molecule is CCCC(COC)Nc1ncnc(N)c1Cl. The van der Waals surface area contributed by atoms with Crippen LogP contribution >= 0.6 is 11.6 Å². The Hall–Kier alpha value is -1.07. The zero-order chi connectivity index (χ0) is 12.0. The molecule has 1 aromatic heterocycles. The van der Waals surface area contributed by atoms with Gasteiger partial charge in [-0.1, -0.05) is 24.9 Å². The molecule has 0 amide bonds. The summed E-state index contributed by atoms with van der Waals surface area (Å²) in [5.41, 5.74) is 5.59. The van der Waals surface area contributed by atoms with Crippen LogP contribution in [0.25, 0.3) is 0 Å². The van der Waals surface area contributed by atoms with Gasteiger partial charge < -0.3 is 15.8 Å². The molecule has 0 saturated heterocycles. The minimum Gasteiger partial charge on any atom is -0.383 e. The molecule has 0 saturated carbocycles. The predicted octanol–water partition coefficient (Wildman–Crippen LogP) is 1.94. The summed E-state index contributed by atoms with van der Waals surface area (Å²) in [6, 6.07) is 0.182. The van der Waals surface area contributed by atoms with E-state index >= 15 is 0 Å². The molecular formula is C10H17ClN4O. The summed E-state index contributed by atoms with van der Waals surface area (Å²) >= 11 is 5.98. The zero-order valence-electron chi connectivity index (χ0n) is 9.53. The maximum atomic E-state index is 5.98. The summed E-state index contributed by atoms with van der Waals surface area (Å²) < 4.78 is 5.12. The highest BCUT2D eigenvalue weighted by Crippen LogP contribution is 2.24. The van der Waals surface area contributed by atoms with Crippen molar-refractivity contribution < 1.29 is 4.74 Å². The maximum Gasteiger partial charge on any atom is 0.150 e. The Kier molecular flexibility index (Phi) is 5.28. The molecule has 0 fully saturated rings. The minimum absolute atomic E-state index is 0.182. The van der Waals surface area contributed by atoms with Crippen molar-refractivity contribution in [2.45, 2.75) is 25.8 Å². The second-order valence-electron chi connectivity index (χ2n) is 3.51. The molecular weight excluding hydrogens is 228 g/mol. The van der Waals surface area contributed by atoms with Crippen LogP contribution in [0.1, 0.15) is 19.8 Å². The molecule has 0 aromatic carbocycles. The third kappa shape index (κ3) is 3.50. The quantitative estimate of drug-likeness (QED) is 0.800. The molecule has 5 nitrogen and oxygen atoms in total. The van der Waals surface area contributed by atoms with E-state index in [0.29, 0.717) is 17.4 Å². The van der Waals surface area contributed by atoms with E-state index in [1.807, 2.05) is 0 Å². The molecule has 1 rings (SSSR count). The topological polar surface area (TPSA) is 73.1 Å². The number of nitrogens with two attached hydrogens (primary N) is 1. The lowest BCUT2D eigenvalue weighted by Gasteiger charge is -2.18. The van der Waals surface area contributed by atoms with Crippen LogP contribution in [0.2, 0.25) is 5.02 Å². The third-order valence-electron chi connectivity index (χ3n) is 2.16. The average Bonchev–Trinajstić information content (AvgIpc) is 2.25. The number of hydrogen-bond acceptors (Lipinski definition) is 5. The van der Waals surface area contributed by atoms with Gasteiger partial charge in [0.25, 0.3) is 0 Å². The van der Waals surface area contributed by atoms with Crippen LogP contribution in [-0.4, -0.2) is 29.7 Å². The molecule has 1 atom stereocenters. The Balaban J connectivity index is 2.72. The molecule has 0 aliphatic rings. The normalized spacial score (nSPS) is 12.4. The number of aromatic nitrogens is 2. The molecule has 1 aromatic rings. The molecule has 0 radical (unpaired) electrons. The fraction of sp³-hybridized carbons (Fsp3) is 0.600. The summed E-state index contributed by atoms with van der Waals surface area (Å²) in [4.78, 5) is 7.86. The standard InChI is InChI=1S/C10H17ClN4O/c1-3-4-7(5-16-2)15-10-8(11)9(12)13-6-14-10/h6-7H,3-5H2,1-2H3,(H3,12,13,14,15). The van der Waals surface area contributed by atoms with Crippen LogP contribution in [0.15, 0.2) is 6.33 Å². The summed E-state index contributed by atoms with van der Waals surface area (Å²) in [5, 5.41) is 3.56. The fourth-order valence-electron chi connectivity index (χ4n) is 1.42. The first-order valence-corrected chi connectivity index (χ1v) is 5.58. The van der Waals surface area contributed by atoms with Gasteiger partial charge in [-0.25, -0.2) is 9.97 Å². The van der Waals surface area contributed by atoms with Crippen LogP contribution in [-0.2, 0) is 4.74 Å². The van der Waals surface area contributed by atoms with E-state index < -0.39 is 0 Å². The highest BCUT2D eigenvalue weighted by Gasteiger charge is 2.12. The molecule has 6 heteroatoms. The van der Waals surface area contributed by atoms with Crippen molar-refractivity contribution in [3.63, 3.8) is 0 Å². The first-order valence-electron chi connectivity index (χ1n) is 5.20. The lowest BCUT2D eigenvalue weighted by molar-refractivity contribution is 0.182. The second kappa shape index (κ2) is 6.50. The van der Waals surface area contributed by atoms with Gasteiger partial charge in [-0.3, -0.25) is 0 Å². The van der Waals surface area contributed by atoms with E-state index in [1.165, 1.54) is 6.33 Å². The summed E-state index contributed by atoms with van der Waals surface area (Å²) in [6.45, 7) is 2.72. The smallest absolute Gasteiger partial charge is 0.150 e. The van der Waals surface area contributed by atoms with Gasteiger partial charge in [-0.15, -0.1) is 0 Å². The van der Waals surface area contributed by atoms with Crippen molar-refractivity contribution >= 4 is 23.2 Å². The lowest BCUT2D eigenvalue weighted by atomic mass is 10.2. The third-order valence-corrected chi connectivity index (χ3v) is 2.53. The number of nitrogens with one attached hydrogen (secondary N) is 1. The van der Waals surface area contributed by atoms with E-state index in [4.69, 9.17) is 22.1 Å². The van der Waals surface area contributed by atoms with Gasteiger partial charge in [-0.2, -0.15) is 0 Å². The van der Waals surface area contributed by atoms with Crippen molar-refractivity contribution in [2.75, 3.05) is 24.8 Å². The largest absolute Gasteiger partial charge is 0.383 e. The van der Waals surface area contributed by atoms with Gasteiger partial charge >= 0.3 is 0 Å². The van der Waals surface area contributed by atoms with Crippen molar-refractivity contribution in [1.29, 1.82) is 0 Å². The molecule has 1 unspecified atom stereocenters. The number of halogens is 1. The molecule has 0 spiro atoms. The second-order valence-corrected chi connectivity index (χ2v) is 3.88. The number of ether oxygens (including phenoxy) is 1. The van der Waals surface area contributed by atoms with Crippen molar-refractivity contribution in [3.8, 4) is 0 Å². The van der Waals surface area contributed by atoms with Gasteiger partial charge in [0.2, 0.25) is 0 Å². The minimum atomic E-state index is 0.182. The predicted molar refractivity (Wildman–Crippen MR) is 65.6 cm³/mol. The van der Waals surface area contributed by atoms with Gasteiger partial charge in [-0.05, 0) is 6.42 Å². The van der Waals surface area contributed by atoms with E-state index in [0.717, 1.165) is 12.8 Å². The Morgan fingerprint density at radius 1 is 1.56 bits per heavy atom. The molecule has 0 aliphatic heterocycles. The van der Waals surface area contributed by atoms with Crippen LogP contribution in [0, 0.1) is 0 Å². The highest BCUT2D eigenvalue weighted by atomic mass is 35.5. The maximum absolute atomic E-state index is 5.98. The van der Waals surface area contributed by atoms with Crippen LogP contribution in [0.3, 0.4) is 0 Å². The van der Waals surface area contributed by atoms with Gasteiger partial charge in [0.1, 0.15) is 17.2 Å². The van der Waals surface area contributed by atoms with Gasteiger partial charge in [0.15, 0.2) is 5.82 Å². The Labute approximate surface area is 100 Å². The van der Waals surface area contributed by atoms with Gasteiger partial charge in [0.05, 0.1) is 12.6 Å². The number of methoxy groups -OCH3 is 1. The number of hydrogen-bond donors (Lipinski definition) is 2. The van der Waals surface area contributed by atoms with Crippen molar-refractivity contribution in [3.05, 3.63) is 11.3 Å². The molecule has 16 heavy (non-hydrogen) atoms.